The first-order chi connectivity index (χ1) is 65.2. The average molecular weight is 1930 g/mol. The molecule has 6 atom stereocenters. The molecular formula is C111H148F5N17O7. The zero-order chi connectivity index (χ0) is 100. The minimum absolute atomic E-state index is 0. The van der Waals surface area contributed by atoms with Crippen molar-refractivity contribution < 1.29 is 54.8 Å². The number of pyridine rings is 2. The van der Waals surface area contributed by atoms with Crippen LogP contribution in [0.2, 0.25) is 0 Å². The van der Waals surface area contributed by atoms with Crippen LogP contribution in [0.3, 0.4) is 0 Å². The molecule has 6 aliphatic rings. The highest BCUT2D eigenvalue weighted by Crippen LogP contribution is 2.40. The lowest BCUT2D eigenvalue weighted by Crippen LogP contribution is -2.33. The molecule has 0 N–H and O–H groups in total. The number of rotatable bonds is 14. The van der Waals surface area contributed by atoms with E-state index in [1.165, 1.54) is 35.2 Å². The Morgan fingerprint density at radius 3 is 1.11 bits per heavy atom. The minimum atomic E-state index is -1.17. The topological polar surface area (TPSA) is 232 Å². The van der Waals surface area contributed by atoms with Gasteiger partial charge in [0.15, 0.2) is 28.9 Å². The second kappa shape index (κ2) is 41.3. The lowest BCUT2D eigenvalue weighted by molar-refractivity contribution is -0.0594. The van der Waals surface area contributed by atoms with Crippen LogP contribution >= 0.6 is 0 Å². The van der Waals surface area contributed by atoms with E-state index in [2.05, 4.69) is 240 Å². The maximum absolute atomic E-state index is 14.6. The Bertz CT molecular complexity index is 6640. The van der Waals surface area contributed by atoms with E-state index in [0.717, 1.165) is 194 Å². The van der Waals surface area contributed by atoms with Crippen molar-refractivity contribution in [1.29, 1.82) is 0 Å². The van der Waals surface area contributed by atoms with Crippen LogP contribution in [-0.2, 0) is 112 Å². The number of hydrogen-bond donors (Lipinski definition) is 0. The van der Waals surface area contributed by atoms with Crippen molar-refractivity contribution in [3.63, 3.8) is 0 Å². The van der Waals surface area contributed by atoms with E-state index < -0.39 is 22.9 Å². The molecule has 0 bridgehead atoms. The van der Waals surface area contributed by atoms with Gasteiger partial charge in [0.25, 0.3) is 0 Å². The van der Waals surface area contributed by atoms with Gasteiger partial charge in [0.05, 0.1) is 132 Å². The van der Waals surface area contributed by atoms with Crippen LogP contribution < -0.4 is 0 Å². The van der Waals surface area contributed by atoms with Crippen LogP contribution in [0, 0.1) is 77.6 Å². The monoisotopic (exact) mass is 1930 g/mol. The predicted molar refractivity (Wildman–Crippen MR) is 546 cm³/mol. The Morgan fingerprint density at radius 2 is 0.671 bits per heavy atom. The Balaban J connectivity index is 0.000000130. The van der Waals surface area contributed by atoms with Crippen molar-refractivity contribution in [2.75, 3.05) is 39.6 Å². The smallest absolute Gasteiger partial charge is 0.213 e. The molecule has 29 heteroatoms. The molecule has 10 aromatic heterocycles. The summed E-state index contributed by atoms with van der Waals surface area (Å²) in [6, 6.07) is 26.2. The van der Waals surface area contributed by atoms with E-state index in [-0.39, 0.29) is 86.5 Å². The predicted octanol–water partition coefficient (Wildman–Crippen LogP) is 24.4. The summed E-state index contributed by atoms with van der Waals surface area (Å²) in [5, 5.41) is 0. The lowest BCUT2D eigenvalue weighted by atomic mass is 9.95. The van der Waals surface area contributed by atoms with Crippen molar-refractivity contribution in [2.45, 2.75) is 360 Å². The quantitative estimate of drug-likeness (QED) is 0.0727. The fourth-order valence-electron chi connectivity index (χ4n) is 18.1. The zero-order valence-corrected chi connectivity index (χ0v) is 87.0. The number of imidazole rings is 7. The molecule has 0 aliphatic carbocycles. The van der Waals surface area contributed by atoms with Crippen LogP contribution in [0.5, 0.6) is 0 Å². The highest BCUT2D eigenvalue weighted by atomic mass is 19.2. The summed E-state index contributed by atoms with van der Waals surface area (Å²) in [4.78, 5) is 46.0. The summed E-state index contributed by atoms with van der Waals surface area (Å²) in [5.41, 5.74) is 16.5. The van der Waals surface area contributed by atoms with Crippen LogP contribution in [0.4, 0.5) is 22.0 Å². The van der Waals surface area contributed by atoms with Gasteiger partial charge in [0.2, 0.25) is 5.89 Å². The number of nitrogens with zero attached hydrogens (tertiary/aromatic N) is 17. The summed E-state index contributed by atoms with van der Waals surface area (Å²) in [6.45, 7) is 68.1. The van der Waals surface area contributed by atoms with E-state index >= 15 is 0 Å². The number of aromatic nitrogens is 17. The third kappa shape index (κ3) is 23.3. The molecule has 6 fully saturated rings. The van der Waals surface area contributed by atoms with Crippen molar-refractivity contribution in [1.82, 2.24) is 81.8 Å². The Morgan fingerprint density at radius 1 is 0.314 bits per heavy atom. The molecule has 0 unspecified atom stereocenters. The number of ether oxygens (including phenoxy) is 6. The Labute approximate surface area is 821 Å². The standard InChI is InChI=1S/C16H19F3N2O.2C16H21FN2O.C16H19N3O.C16H22N2O.2C15H21N3O.CH4/c1-8-10(17)12(19)13-14(11(8)18)21(7-9-5-6-22-9)15(20-13)16(2,3)4;1-10-7-14-13(8-12(10)17)18-15(16(2,3)4)19(14)9-11-5-6-20-11;1-10-5-6-12-14(13(10)17)19(9-11-7-8-20-11)15(18-12)16(2,3)4;1-11-5-6-12-13(9-11)19(10-14-17-7-8-20-14)15(18-12)16(2,3)4;1-11-5-6-13-14(9-11)18(10-12-7-8-19-12)15(17-13)16(2,3)4;1-10-7-13-12(8-16-10)17-14(15(2,3)4)18(13)9-11-5-6-19-11;1-10-5-6-12-13(16-10)18(9-11-7-8-19-11)14(17-12)15(2,3)4;/h9H,5-7H2,1-4H3;7-8,11H,5-6,9H2,1-4H3;5-6,11H,7-9H2,1-4H3;5-9H,10H2,1-4H3;5-6,9,12H,7-8,10H2,1-4H3;7-8,11H,5-6,9H2,1-4H3;5-6,11H,7-9H2,1-4H3;1H4/t9-;2*11-;;12-;2*11-;/m000.000./s1. The van der Waals surface area contributed by atoms with Gasteiger partial charge in [-0.1, -0.05) is 171 Å². The fourth-order valence-corrected chi connectivity index (χ4v) is 18.1. The number of hydrogen-bond acceptors (Lipinski definition) is 17. The summed E-state index contributed by atoms with van der Waals surface area (Å²) in [7, 11) is 0. The SMILES string of the molecule is C.Cc1c(F)c(F)c2nc(C(C)(C)C)n(C[C@@H]3CCO3)c2c1F.Cc1cc2c(cc1F)nc(C(C)(C)C)n2C[C@@H]1CCO1.Cc1cc2c(cn1)nc(C(C)(C)C)n2C[C@@H]1CCO1.Cc1ccc2nc(C(C)(C)C)n(C[C@@H]3CCO3)c2c1.Cc1ccc2nc(C(C)(C)C)n(C[C@@H]3CCO3)c2c1F.Cc1ccc2nc(C(C)(C)C)n(C[C@@H]3CCO3)c2n1.Cc1ccc2nc(C(C)(C)C)n(Cc3ncco3)c2c1. The summed E-state index contributed by atoms with van der Waals surface area (Å²) in [6.07, 6.45) is 13.0. The van der Waals surface area contributed by atoms with Crippen molar-refractivity contribution in [3.8, 4) is 0 Å². The molecule has 754 valence electrons. The van der Waals surface area contributed by atoms with Crippen molar-refractivity contribution >= 4 is 77.4 Å². The zero-order valence-electron chi connectivity index (χ0n) is 87.0. The van der Waals surface area contributed by atoms with Crippen molar-refractivity contribution in [3.05, 3.63) is 212 Å². The molecule has 0 amide bonds. The normalized spacial score (nSPS) is 18.2. The van der Waals surface area contributed by atoms with Crippen molar-refractivity contribution in [2.24, 2.45) is 0 Å². The fraction of sp³-hybridized carbons (Fsp3) is 0.550. The van der Waals surface area contributed by atoms with E-state index in [4.69, 9.17) is 52.8 Å². The van der Waals surface area contributed by atoms with Gasteiger partial charge in [-0.3, -0.25) is 4.98 Å². The van der Waals surface area contributed by atoms with Gasteiger partial charge >= 0.3 is 0 Å². The highest BCUT2D eigenvalue weighted by molar-refractivity contribution is 5.82. The van der Waals surface area contributed by atoms with Gasteiger partial charge < -0.3 is 64.8 Å². The number of aryl methyl sites for hydroxylation is 6. The molecule has 6 aliphatic heterocycles. The molecule has 0 spiro atoms. The van der Waals surface area contributed by atoms with Gasteiger partial charge in [0.1, 0.15) is 87.0 Å². The lowest BCUT2D eigenvalue weighted by Gasteiger charge is -2.29. The third-order valence-corrected chi connectivity index (χ3v) is 26.2. The number of halogens is 5. The van der Waals surface area contributed by atoms with Gasteiger partial charge in [0, 0.05) is 101 Å². The maximum Gasteiger partial charge on any atom is 0.213 e. The van der Waals surface area contributed by atoms with Crippen LogP contribution in [0.25, 0.3) is 77.4 Å². The van der Waals surface area contributed by atoms with Gasteiger partial charge in [-0.15, -0.1) is 0 Å². The number of fused-ring (bicyclic) bond motifs is 7. The van der Waals surface area contributed by atoms with Gasteiger partial charge in [-0.25, -0.2) is 66.8 Å². The average Bonchev–Trinajstić information content (AvgIpc) is 1.58. The summed E-state index contributed by atoms with van der Waals surface area (Å²) in [5.74, 6) is 4.20. The first-order valence-corrected chi connectivity index (χ1v) is 49.3. The van der Waals surface area contributed by atoms with E-state index in [0.29, 0.717) is 72.9 Å². The molecular weight excluding hydrogens is 1780 g/mol. The Hall–Kier alpha value is -10.7. The van der Waals surface area contributed by atoms with E-state index in [1.807, 2.05) is 63.6 Å². The molecule has 6 saturated heterocycles. The number of benzene rings is 5. The van der Waals surface area contributed by atoms with Crippen LogP contribution in [-0.4, -0.2) is 158 Å². The third-order valence-electron chi connectivity index (χ3n) is 26.2. The number of oxazole rings is 1. The first kappa shape index (κ1) is 105. The molecule has 5 aromatic carbocycles. The second-order valence-electron chi connectivity index (χ2n) is 45.7. The van der Waals surface area contributed by atoms with Gasteiger partial charge in [-0.05, 0) is 164 Å². The molecule has 0 saturated carbocycles. The first-order valence-electron chi connectivity index (χ1n) is 49.3. The van der Waals surface area contributed by atoms with Gasteiger partial charge in [-0.2, -0.15) is 0 Å². The maximum atomic E-state index is 14.6. The van der Waals surface area contributed by atoms with E-state index in [1.54, 1.807) is 36.9 Å². The van der Waals surface area contributed by atoms with E-state index in [9.17, 15) is 22.0 Å². The molecule has 140 heavy (non-hydrogen) atoms. The molecule has 16 heterocycles. The minimum Gasteiger partial charge on any atom is -0.447 e. The molecule has 24 nitrogen and oxygen atoms in total. The second-order valence-corrected chi connectivity index (χ2v) is 45.7. The summed E-state index contributed by atoms with van der Waals surface area (Å²) >= 11 is 0. The summed E-state index contributed by atoms with van der Waals surface area (Å²) < 4.78 is 124. The largest absolute Gasteiger partial charge is 0.447 e. The molecule has 21 rings (SSSR count). The molecule has 15 aromatic rings. The van der Waals surface area contributed by atoms with Crippen LogP contribution in [0.1, 0.15) is 277 Å². The van der Waals surface area contributed by atoms with Crippen LogP contribution in [0.15, 0.2) is 102 Å². The highest BCUT2D eigenvalue weighted by Gasteiger charge is 2.37. The molecule has 0 radical (unpaired) electrons. The Kier molecular flexibility index (Phi) is 31.0.